The van der Waals surface area contributed by atoms with Crippen LogP contribution in [0.15, 0.2) is 23.0 Å². The van der Waals surface area contributed by atoms with Gasteiger partial charge in [-0.05, 0) is 67.2 Å². The Morgan fingerprint density at radius 2 is 1.81 bits per heavy atom. The summed E-state index contributed by atoms with van der Waals surface area (Å²) in [4.78, 5) is 18.8. The number of aromatic amines is 1. The molecule has 31 heavy (non-hydrogen) atoms. The third-order valence-electron chi connectivity index (χ3n) is 7.06. The molecule has 2 fully saturated rings. The van der Waals surface area contributed by atoms with E-state index in [0.29, 0.717) is 31.5 Å². The number of pyridine rings is 1. The van der Waals surface area contributed by atoms with Gasteiger partial charge in [0.25, 0.3) is 5.56 Å². The third-order valence-corrected chi connectivity index (χ3v) is 7.06. The summed E-state index contributed by atoms with van der Waals surface area (Å²) in [6.45, 7) is 5.49. The molecule has 3 heterocycles. The molecule has 2 N–H and O–H groups in total. The summed E-state index contributed by atoms with van der Waals surface area (Å²) in [5, 5.41) is 23.9. The Hall–Kier alpha value is -2.58. The predicted molar refractivity (Wildman–Crippen MR) is 118 cm³/mol. The van der Waals surface area contributed by atoms with Crippen LogP contribution in [0.25, 0.3) is 10.9 Å². The molecule has 1 aromatic carbocycles. The first kappa shape index (κ1) is 20.3. The first-order chi connectivity index (χ1) is 15.0. The maximum atomic E-state index is 13.4. The number of aryl methyl sites for hydroxylation is 2. The Morgan fingerprint density at radius 3 is 2.55 bits per heavy atom. The number of nitrogens with one attached hydrogen (secondary N) is 1. The zero-order chi connectivity index (χ0) is 21.5. The second-order valence-electron chi connectivity index (χ2n) is 9.13. The number of hydrogen-bond donors (Lipinski definition) is 2. The van der Waals surface area contributed by atoms with Crippen molar-refractivity contribution < 1.29 is 5.11 Å². The molecule has 0 radical (unpaired) electrons. The lowest BCUT2D eigenvalue weighted by molar-refractivity contribution is 0.0654. The van der Waals surface area contributed by atoms with Gasteiger partial charge in [0.1, 0.15) is 6.04 Å². The normalized spacial score (nSPS) is 20.0. The summed E-state index contributed by atoms with van der Waals surface area (Å²) >= 11 is 0. The monoisotopic (exact) mass is 422 g/mol. The van der Waals surface area contributed by atoms with Gasteiger partial charge < -0.3 is 10.1 Å². The molecule has 0 amide bonds. The number of nitrogens with zero attached hydrogens (tertiary/aromatic N) is 5. The van der Waals surface area contributed by atoms with Gasteiger partial charge in [-0.1, -0.05) is 25.0 Å². The van der Waals surface area contributed by atoms with Crippen molar-refractivity contribution in [3.8, 4) is 0 Å². The Balaban J connectivity index is 1.67. The van der Waals surface area contributed by atoms with Crippen molar-refractivity contribution in [2.24, 2.45) is 0 Å². The van der Waals surface area contributed by atoms with Crippen molar-refractivity contribution in [1.29, 1.82) is 0 Å². The van der Waals surface area contributed by atoms with Gasteiger partial charge in [0.05, 0.1) is 17.7 Å². The number of H-pyrrole nitrogens is 1. The van der Waals surface area contributed by atoms with Gasteiger partial charge >= 0.3 is 0 Å². The fourth-order valence-electron chi connectivity index (χ4n) is 5.23. The first-order valence-corrected chi connectivity index (χ1v) is 11.4. The van der Waals surface area contributed by atoms with Gasteiger partial charge in [-0.3, -0.25) is 9.69 Å². The minimum atomic E-state index is -0.337. The number of hydrogen-bond acceptors (Lipinski definition) is 6. The van der Waals surface area contributed by atoms with E-state index in [9.17, 15) is 9.90 Å². The fraction of sp³-hybridized carbons (Fsp3) is 0.565. The Morgan fingerprint density at radius 1 is 1.10 bits per heavy atom. The van der Waals surface area contributed by atoms with Crippen molar-refractivity contribution in [1.82, 2.24) is 30.1 Å². The largest absolute Gasteiger partial charge is 0.393 e. The number of aromatic nitrogens is 5. The van der Waals surface area contributed by atoms with Crippen LogP contribution in [-0.2, 0) is 0 Å². The minimum absolute atomic E-state index is 0.0988. The highest BCUT2D eigenvalue weighted by Gasteiger charge is 2.34. The number of benzene rings is 1. The summed E-state index contributed by atoms with van der Waals surface area (Å²) in [5.41, 5.74) is 3.64. The molecule has 0 bridgehead atoms. The zero-order valence-corrected chi connectivity index (χ0v) is 18.2. The van der Waals surface area contributed by atoms with E-state index in [1.807, 2.05) is 23.7 Å². The lowest BCUT2D eigenvalue weighted by atomic mass is 9.97. The zero-order valence-electron chi connectivity index (χ0n) is 18.2. The number of likely N-dealkylation sites (tertiary alicyclic amines) is 1. The van der Waals surface area contributed by atoms with Gasteiger partial charge in [0, 0.05) is 24.0 Å². The van der Waals surface area contributed by atoms with Crippen LogP contribution in [0.5, 0.6) is 0 Å². The van der Waals surface area contributed by atoms with E-state index in [4.69, 9.17) is 0 Å². The molecular formula is C23H30N6O2. The number of fused-ring (bicyclic) bond motifs is 1. The quantitative estimate of drug-likeness (QED) is 0.671. The van der Waals surface area contributed by atoms with Gasteiger partial charge in [0.2, 0.25) is 0 Å². The van der Waals surface area contributed by atoms with Gasteiger partial charge in [-0.15, -0.1) is 5.10 Å². The fourth-order valence-corrected chi connectivity index (χ4v) is 5.23. The van der Waals surface area contributed by atoms with Gasteiger partial charge in [-0.25, -0.2) is 4.68 Å². The van der Waals surface area contributed by atoms with Crippen LogP contribution < -0.4 is 5.56 Å². The SMILES string of the molecule is Cc1ccc(C)c2[nH]c(=O)c([C@H](c3nnnn3C3CCCC3)N3CCC(O)CC3)cc12. The predicted octanol–water partition coefficient (Wildman–Crippen LogP) is 2.79. The van der Waals surface area contributed by atoms with Crippen molar-refractivity contribution in [3.05, 3.63) is 51.1 Å². The average Bonchev–Trinajstić information content (AvgIpc) is 3.45. The molecule has 0 spiro atoms. The molecule has 164 valence electrons. The molecule has 8 nitrogen and oxygen atoms in total. The van der Waals surface area contributed by atoms with E-state index >= 15 is 0 Å². The van der Waals surface area contributed by atoms with E-state index < -0.39 is 0 Å². The molecule has 0 unspecified atom stereocenters. The maximum Gasteiger partial charge on any atom is 0.253 e. The van der Waals surface area contributed by atoms with Crippen LogP contribution in [-0.4, -0.2) is 54.4 Å². The highest BCUT2D eigenvalue weighted by molar-refractivity contribution is 5.85. The lowest BCUT2D eigenvalue weighted by Gasteiger charge is -2.35. The Labute approximate surface area is 181 Å². The minimum Gasteiger partial charge on any atom is -0.393 e. The molecule has 1 atom stereocenters. The van der Waals surface area contributed by atoms with Crippen molar-refractivity contribution in [2.75, 3.05) is 13.1 Å². The number of tetrazole rings is 1. The second kappa shape index (κ2) is 8.16. The molecule has 8 heteroatoms. The number of rotatable bonds is 4. The van der Waals surface area contributed by atoms with Crippen LogP contribution in [0.2, 0.25) is 0 Å². The molecule has 1 aliphatic heterocycles. The smallest absolute Gasteiger partial charge is 0.253 e. The molecule has 1 saturated heterocycles. The van der Waals surface area contributed by atoms with Crippen LogP contribution in [0, 0.1) is 13.8 Å². The van der Waals surface area contributed by atoms with Crippen LogP contribution in [0.4, 0.5) is 0 Å². The standard InChI is InChI=1S/C23H30N6O2/c1-14-7-8-15(2)20-18(14)13-19(23(31)24-20)21(28-11-9-17(30)10-12-28)22-25-26-27-29(22)16-5-3-4-6-16/h7-8,13,16-17,21,30H,3-6,9-12H2,1-2H3,(H,24,31)/t21-/m1/s1. The first-order valence-electron chi connectivity index (χ1n) is 11.4. The second-order valence-corrected chi connectivity index (χ2v) is 9.13. The van der Waals surface area contributed by atoms with E-state index in [0.717, 1.165) is 40.7 Å². The summed E-state index contributed by atoms with van der Waals surface area (Å²) in [5.74, 6) is 0.735. The molecule has 1 aliphatic carbocycles. The number of piperidine rings is 1. The van der Waals surface area contributed by atoms with Crippen molar-refractivity contribution >= 4 is 10.9 Å². The lowest BCUT2D eigenvalue weighted by Crippen LogP contribution is -2.42. The maximum absolute atomic E-state index is 13.4. The number of aliphatic hydroxyl groups excluding tert-OH is 1. The molecule has 2 aromatic heterocycles. The molecule has 2 aliphatic rings. The summed E-state index contributed by atoms with van der Waals surface area (Å²) in [6.07, 6.45) is 5.57. The van der Waals surface area contributed by atoms with E-state index in [-0.39, 0.29) is 23.7 Å². The van der Waals surface area contributed by atoms with E-state index in [1.165, 1.54) is 12.8 Å². The highest BCUT2D eigenvalue weighted by Crippen LogP contribution is 2.35. The summed E-state index contributed by atoms with van der Waals surface area (Å²) in [6, 6.07) is 6.11. The van der Waals surface area contributed by atoms with Crippen molar-refractivity contribution in [2.45, 2.75) is 70.6 Å². The average molecular weight is 423 g/mol. The topological polar surface area (TPSA) is 99.9 Å². The molecule has 3 aromatic rings. The van der Waals surface area contributed by atoms with Crippen LogP contribution >= 0.6 is 0 Å². The van der Waals surface area contributed by atoms with Crippen LogP contribution in [0.3, 0.4) is 0 Å². The van der Waals surface area contributed by atoms with Crippen LogP contribution in [0.1, 0.15) is 73.1 Å². The Kier molecular flexibility index (Phi) is 5.35. The number of aliphatic hydroxyl groups is 1. The highest BCUT2D eigenvalue weighted by atomic mass is 16.3. The molecule has 1 saturated carbocycles. The van der Waals surface area contributed by atoms with Gasteiger partial charge in [-0.2, -0.15) is 0 Å². The summed E-state index contributed by atoms with van der Waals surface area (Å²) < 4.78 is 1.95. The van der Waals surface area contributed by atoms with E-state index in [2.05, 4.69) is 38.4 Å². The molecule has 5 rings (SSSR count). The third kappa shape index (κ3) is 3.68. The van der Waals surface area contributed by atoms with Gasteiger partial charge in [0.15, 0.2) is 5.82 Å². The van der Waals surface area contributed by atoms with Crippen molar-refractivity contribution in [3.63, 3.8) is 0 Å². The summed E-state index contributed by atoms with van der Waals surface area (Å²) in [7, 11) is 0. The van der Waals surface area contributed by atoms with E-state index in [1.54, 1.807) is 0 Å². The Bertz CT molecular complexity index is 1140. The molecular weight excluding hydrogens is 392 g/mol.